The molecule has 0 saturated heterocycles. The molecule has 0 atom stereocenters. The third-order valence-corrected chi connectivity index (χ3v) is 1.82. The standard InChI is InChI=1S/C10H11F3.CH5N/c1-2-3-8-4-6-9(7-5-8)10(11,12)13;1-2/h4-7H,2-3H2,1H3;2H2,1H3. The molecule has 15 heavy (non-hydrogen) atoms. The topological polar surface area (TPSA) is 26.0 Å². The molecular formula is C11H16F3N. The minimum absolute atomic E-state index is 0.577. The van der Waals surface area contributed by atoms with E-state index in [-0.39, 0.29) is 0 Å². The Kier molecular flexibility index (Phi) is 6.01. The van der Waals surface area contributed by atoms with Gasteiger partial charge in [0.05, 0.1) is 5.56 Å². The minimum Gasteiger partial charge on any atom is -0.333 e. The molecule has 1 aromatic rings. The molecule has 0 fully saturated rings. The van der Waals surface area contributed by atoms with Gasteiger partial charge in [0.15, 0.2) is 0 Å². The van der Waals surface area contributed by atoms with Crippen molar-refractivity contribution in [2.75, 3.05) is 7.05 Å². The summed E-state index contributed by atoms with van der Waals surface area (Å²) < 4.78 is 36.3. The van der Waals surface area contributed by atoms with Crippen LogP contribution in [0.5, 0.6) is 0 Å². The first-order chi connectivity index (χ1) is 7.04. The van der Waals surface area contributed by atoms with Gasteiger partial charge in [-0.1, -0.05) is 25.5 Å². The molecule has 1 rings (SSSR count). The summed E-state index contributed by atoms with van der Waals surface area (Å²) in [4.78, 5) is 0. The zero-order chi connectivity index (χ0) is 11.9. The van der Waals surface area contributed by atoms with Gasteiger partial charge >= 0.3 is 6.18 Å². The lowest BCUT2D eigenvalue weighted by molar-refractivity contribution is -0.137. The van der Waals surface area contributed by atoms with Crippen molar-refractivity contribution in [1.29, 1.82) is 0 Å². The van der Waals surface area contributed by atoms with E-state index in [1.807, 2.05) is 6.92 Å². The van der Waals surface area contributed by atoms with Crippen LogP contribution >= 0.6 is 0 Å². The van der Waals surface area contributed by atoms with E-state index >= 15 is 0 Å². The summed E-state index contributed by atoms with van der Waals surface area (Å²) in [5.41, 5.74) is 4.88. The van der Waals surface area contributed by atoms with E-state index in [2.05, 4.69) is 5.73 Å². The molecule has 0 unspecified atom stereocenters. The molecule has 0 aliphatic carbocycles. The van der Waals surface area contributed by atoms with Gasteiger partial charge < -0.3 is 5.73 Å². The normalized spacial score (nSPS) is 10.5. The average molecular weight is 219 g/mol. The second kappa shape index (κ2) is 6.45. The van der Waals surface area contributed by atoms with Gasteiger partial charge in [-0.2, -0.15) is 13.2 Å². The van der Waals surface area contributed by atoms with E-state index in [0.29, 0.717) is 0 Å². The van der Waals surface area contributed by atoms with Gasteiger partial charge in [0.25, 0.3) is 0 Å². The molecule has 1 nitrogen and oxygen atoms in total. The third kappa shape index (κ3) is 4.83. The van der Waals surface area contributed by atoms with E-state index < -0.39 is 11.7 Å². The smallest absolute Gasteiger partial charge is 0.333 e. The van der Waals surface area contributed by atoms with Crippen LogP contribution in [0, 0.1) is 0 Å². The van der Waals surface area contributed by atoms with Crippen molar-refractivity contribution in [3.8, 4) is 0 Å². The van der Waals surface area contributed by atoms with Crippen molar-refractivity contribution in [2.24, 2.45) is 5.73 Å². The Morgan fingerprint density at radius 1 is 1.07 bits per heavy atom. The number of aryl methyl sites for hydroxylation is 1. The van der Waals surface area contributed by atoms with E-state index in [1.54, 1.807) is 0 Å². The number of nitrogens with two attached hydrogens (primary N) is 1. The quantitative estimate of drug-likeness (QED) is 0.811. The predicted molar refractivity (Wildman–Crippen MR) is 55.6 cm³/mol. The first-order valence-corrected chi connectivity index (χ1v) is 4.78. The molecule has 0 spiro atoms. The summed E-state index contributed by atoms with van der Waals surface area (Å²) in [7, 11) is 1.50. The Bertz CT molecular complexity index is 264. The molecule has 0 aliphatic rings. The Morgan fingerprint density at radius 3 is 1.87 bits per heavy atom. The van der Waals surface area contributed by atoms with Gasteiger partial charge in [0, 0.05) is 0 Å². The van der Waals surface area contributed by atoms with Gasteiger partial charge in [-0.3, -0.25) is 0 Å². The maximum Gasteiger partial charge on any atom is 0.416 e. The number of halogens is 3. The Labute approximate surface area is 88.1 Å². The van der Waals surface area contributed by atoms with Gasteiger partial charge in [-0.25, -0.2) is 0 Å². The monoisotopic (exact) mass is 219 g/mol. The van der Waals surface area contributed by atoms with Crippen molar-refractivity contribution < 1.29 is 13.2 Å². The Balaban J connectivity index is 0.000000921. The molecule has 86 valence electrons. The van der Waals surface area contributed by atoms with Gasteiger partial charge in [0.1, 0.15) is 0 Å². The lowest BCUT2D eigenvalue weighted by atomic mass is 10.1. The van der Waals surface area contributed by atoms with Crippen molar-refractivity contribution >= 4 is 0 Å². The van der Waals surface area contributed by atoms with Crippen molar-refractivity contribution in [3.63, 3.8) is 0 Å². The highest BCUT2D eigenvalue weighted by atomic mass is 19.4. The summed E-state index contributed by atoms with van der Waals surface area (Å²) in [6.45, 7) is 2.00. The fourth-order valence-corrected chi connectivity index (χ4v) is 1.15. The van der Waals surface area contributed by atoms with Crippen LogP contribution in [0.25, 0.3) is 0 Å². The van der Waals surface area contributed by atoms with Gasteiger partial charge in [-0.05, 0) is 31.2 Å². The highest BCUT2D eigenvalue weighted by Gasteiger charge is 2.29. The molecule has 0 aromatic heterocycles. The molecule has 0 saturated carbocycles. The van der Waals surface area contributed by atoms with E-state index in [1.165, 1.54) is 19.2 Å². The first-order valence-electron chi connectivity index (χ1n) is 4.78. The lowest BCUT2D eigenvalue weighted by Gasteiger charge is -2.06. The van der Waals surface area contributed by atoms with Crippen molar-refractivity contribution in [2.45, 2.75) is 25.9 Å². The highest BCUT2D eigenvalue weighted by Crippen LogP contribution is 2.29. The second-order valence-electron chi connectivity index (χ2n) is 2.94. The minimum atomic E-state index is -4.22. The van der Waals surface area contributed by atoms with Crippen molar-refractivity contribution in [3.05, 3.63) is 35.4 Å². The summed E-state index contributed by atoms with van der Waals surface area (Å²) in [5.74, 6) is 0. The number of hydrogen-bond acceptors (Lipinski definition) is 1. The first kappa shape index (κ1) is 14.0. The summed E-state index contributed by atoms with van der Waals surface area (Å²) in [5, 5.41) is 0. The SMILES string of the molecule is CCCc1ccc(C(F)(F)F)cc1.CN. The fraction of sp³-hybridized carbons (Fsp3) is 0.455. The number of hydrogen-bond donors (Lipinski definition) is 1. The maximum absolute atomic E-state index is 12.1. The van der Waals surface area contributed by atoms with Crippen LogP contribution < -0.4 is 5.73 Å². The van der Waals surface area contributed by atoms with Crippen LogP contribution in [-0.4, -0.2) is 7.05 Å². The average Bonchev–Trinajstić information content (AvgIpc) is 2.21. The number of alkyl halides is 3. The van der Waals surface area contributed by atoms with Gasteiger partial charge in [-0.15, -0.1) is 0 Å². The molecule has 0 bridgehead atoms. The van der Waals surface area contributed by atoms with Crippen molar-refractivity contribution in [1.82, 2.24) is 0 Å². The molecule has 0 radical (unpaired) electrons. The van der Waals surface area contributed by atoms with E-state index in [9.17, 15) is 13.2 Å². The molecular weight excluding hydrogens is 203 g/mol. The van der Waals surface area contributed by atoms with Gasteiger partial charge in [0.2, 0.25) is 0 Å². The predicted octanol–water partition coefficient (Wildman–Crippen LogP) is 3.23. The lowest BCUT2D eigenvalue weighted by Crippen LogP contribution is -2.04. The Morgan fingerprint density at radius 2 is 1.53 bits per heavy atom. The zero-order valence-corrected chi connectivity index (χ0v) is 8.93. The second-order valence-corrected chi connectivity index (χ2v) is 2.94. The molecule has 4 heteroatoms. The molecule has 0 heterocycles. The number of benzene rings is 1. The molecule has 0 amide bonds. The van der Waals surface area contributed by atoms with E-state index in [0.717, 1.165) is 30.5 Å². The molecule has 0 aliphatic heterocycles. The maximum atomic E-state index is 12.1. The summed E-state index contributed by atoms with van der Waals surface area (Å²) in [6.07, 6.45) is -2.44. The highest BCUT2D eigenvalue weighted by molar-refractivity contribution is 5.24. The van der Waals surface area contributed by atoms with Crippen LogP contribution in [0.15, 0.2) is 24.3 Å². The van der Waals surface area contributed by atoms with Crippen LogP contribution in [0.4, 0.5) is 13.2 Å². The van der Waals surface area contributed by atoms with Crippen LogP contribution in [0.2, 0.25) is 0 Å². The fourth-order valence-electron chi connectivity index (χ4n) is 1.15. The molecule has 2 N–H and O–H groups in total. The molecule has 1 aromatic carbocycles. The van der Waals surface area contributed by atoms with Crippen LogP contribution in [0.3, 0.4) is 0 Å². The van der Waals surface area contributed by atoms with Crippen LogP contribution in [0.1, 0.15) is 24.5 Å². The van der Waals surface area contributed by atoms with Crippen LogP contribution in [-0.2, 0) is 12.6 Å². The zero-order valence-electron chi connectivity index (χ0n) is 8.93. The van der Waals surface area contributed by atoms with E-state index in [4.69, 9.17) is 0 Å². The number of rotatable bonds is 2. The third-order valence-electron chi connectivity index (χ3n) is 1.82. The Hall–Kier alpha value is -1.03. The largest absolute Gasteiger partial charge is 0.416 e. The summed E-state index contributed by atoms with van der Waals surface area (Å²) in [6, 6.07) is 5.33. The summed E-state index contributed by atoms with van der Waals surface area (Å²) >= 11 is 0.